The van der Waals surface area contributed by atoms with Crippen LogP contribution >= 0.6 is 23.1 Å². The average molecular weight is 367 g/mol. The Morgan fingerprint density at radius 2 is 2.21 bits per heavy atom. The molecule has 0 saturated carbocycles. The quantitative estimate of drug-likeness (QED) is 0.644. The maximum absolute atomic E-state index is 12.2. The number of carbonyl (C=O) groups excluding carboxylic acids is 1. The van der Waals surface area contributed by atoms with Crippen molar-refractivity contribution in [3.05, 3.63) is 21.8 Å². The molecule has 6 nitrogen and oxygen atoms in total. The molecule has 0 unspecified atom stereocenters. The van der Waals surface area contributed by atoms with E-state index in [9.17, 15) is 9.59 Å². The van der Waals surface area contributed by atoms with E-state index < -0.39 is 0 Å². The number of hydrogen-bond acceptors (Lipinski definition) is 6. The molecular weight excluding hydrogens is 344 g/mol. The highest BCUT2D eigenvalue weighted by Crippen LogP contribution is 2.20. The zero-order valence-corrected chi connectivity index (χ0v) is 15.6. The van der Waals surface area contributed by atoms with E-state index in [1.165, 1.54) is 27.7 Å². The predicted octanol–water partition coefficient (Wildman–Crippen LogP) is 1.69. The lowest BCUT2D eigenvalue weighted by molar-refractivity contribution is -0.119. The zero-order chi connectivity index (χ0) is 17.1. The van der Waals surface area contributed by atoms with Crippen LogP contribution in [0.2, 0.25) is 0 Å². The topological polar surface area (TPSA) is 67.2 Å². The minimum Gasteiger partial charge on any atom is -0.353 e. The Morgan fingerprint density at radius 3 is 2.92 bits per heavy atom. The lowest BCUT2D eigenvalue weighted by Gasteiger charge is -2.31. The van der Waals surface area contributed by atoms with Gasteiger partial charge in [0.15, 0.2) is 5.16 Å². The molecule has 0 aromatic carbocycles. The molecule has 2 aromatic heterocycles. The monoisotopic (exact) mass is 366 g/mol. The van der Waals surface area contributed by atoms with Crippen molar-refractivity contribution in [2.45, 2.75) is 31.0 Å². The van der Waals surface area contributed by atoms with E-state index in [0.717, 1.165) is 37.3 Å². The molecule has 1 amide bonds. The Morgan fingerprint density at radius 1 is 1.46 bits per heavy atom. The van der Waals surface area contributed by atoms with Crippen molar-refractivity contribution in [1.82, 2.24) is 19.8 Å². The lowest BCUT2D eigenvalue weighted by Crippen LogP contribution is -2.45. The Kier molecular flexibility index (Phi) is 5.57. The van der Waals surface area contributed by atoms with Crippen LogP contribution in [0.4, 0.5) is 0 Å². The first-order valence-corrected chi connectivity index (χ1v) is 10.0. The van der Waals surface area contributed by atoms with Gasteiger partial charge in [0, 0.05) is 26.2 Å². The Hall–Kier alpha value is -1.38. The molecule has 0 radical (unpaired) electrons. The summed E-state index contributed by atoms with van der Waals surface area (Å²) >= 11 is 2.76. The van der Waals surface area contributed by atoms with E-state index >= 15 is 0 Å². The number of nitrogens with zero attached hydrogens (tertiary/aromatic N) is 3. The van der Waals surface area contributed by atoms with Crippen LogP contribution in [-0.4, -0.2) is 51.8 Å². The van der Waals surface area contributed by atoms with Gasteiger partial charge in [-0.15, -0.1) is 11.3 Å². The number of carbonyl (C=O) groups is 1. The van der Waals surface area contributed by atoms with E-state index in [4.69, 9.17) is 0 Å². The Bertz CT molecular complexity index is 778. The van der Waals surface area contributed by atoms with E-state index in [1.807, 2.05) is 5.38 Å². The first-order valence-electron chi connectivity index (χ1n) is 8.17. The van der Waals surface area contributed by atoms with Crippen molar-refractivity contribution in [2.24, 2.45) is 7.05 Å². The minimum atomic E-state index is -0.0592. The molecule has 3 heterocycles. The second-order valence-corrected chi connectivity index (χ2v) is 7.80. The molecule has 0 aliphatic carbocycles. The van der Waals surface area contributed by atoms with Gasteiger partial charge in [0.2, 0.25) is 5.91 Å². The molecule has 0 spiro atoms. The number of thioether (sulfide) groups is 1. The van der Waals surface area contributed by atoms with Crippen molar-refractivity contribution in [3.63, 3.8) is 0 Å². The van der Waals surface area contributed by atoms with Crippen molar-refractivity contribution >= 4 is 39.2 Å². The third-order valence-electron chi connectivity index (χ3n) is 4.40. The molecule has 1 aliphatic heterocycles. The molecule has 2 aromatic rings. The first kappa shape index (κ1) is 17.4. The highest BCUT2D eigenvalue weighted by atomic mass is 32.2. The number of amides is 1. The molecular formula is C16H22N4O2S2. The summed E-state index contributed by atoms with van der Waals surface area (Å²) in [5.41, 5.74) is -0.0592. The van der Waals surface area contributed by atoms with Gasteiger partial charge in [0.1, 0.15) is 4.83 Å². The molecule has 0 atom stereocenters. The molecule has 130 valence electrons. The second kappa shape index (κ2) is 7.67. The average Bonchev–Trinajstić information content (AvgIpc) is 3.06. The fourth-order valence-corrected chi connectivity index (χ4v) is 4.49. The Labute approximate surface area is 149 Å². The third-order valence-corrected chi connectivity index (χ3v) is 6.23. The molecule has 1 fully saturated rings. The second-order valence-electron chi connectivity index (χ2n) is 5.96. The maximum Gasteiger partial charge on any atom is 0.262 e. The molecule has 3 rings (SSSR count). The van der Waals surface area contributed by atoms with Crippen LogP contribution in [0, 0.1) is 0 Å². The van der Waals surface area contributed by atoms with Crippen LogP contribution in [0.15, 0.2) is 21.4 Å². The standard InChI is InChI=1S/C16H22N4O2S2/c1-3-20-7-4-11(5-8-20)17-13(21)10-24-16-18-14-12(6-9-23-14)15(22)19(16)2/h6,9,11H,3-5,7-8,10H2,1-2H3,(H,17,21). The van der Waals surface area contributed by atoms with Crippen LogP contribution in [0.3, 0.4) is 0 Å². The van der Waals surface area contributed by atoms with Crippen molar-refractivity contribution in [3.8, 4) is 0 Å². The van der Waals surface area contributed by atoms with Gasteiger partial charge in [-0.2, -0.15) is 0 Å². The molecule has 0 bridgehead atoms. The number of piperidine rings is 1. The summed E-state index contributed by atoms with van der Waals surface area (Å²) in [6, 6.07) is 2.05. The van der Waals surface area contributed by atoms with Crippen LogP contribution in [0.25, 0.3) is 10.2 Å². The van der Waals surface area contributed by atoms with Crippen LogP contribution in [0.5, 0.6) is 0 Å². The highest BCUT2D eigenvalue weighted by molar-refractivity contribution is 7.99. The van der Waals surface area contributed by atoms with Gasteiger partial charge in [0.05, 0.1) is 11.1 Å². The smallest absolute Gasteiger partial charge is 0.262 e. The van der Waals surface area contributed by atoms with Gasteiger partial charge in [0.25, 0.3) is 5.56 Å². The van der Waals surface area contributed by atoms with Crippen LogP contribution < -0.4 is 10.9 Å². The summed E-state index contributed by atoms with van der Waals surface area (Å²) in [5.74, 6) is 0.293. The summed E-state index contributed by atoms with van der Waals surface area (Å²) < 4.78 is 1.52. The van der Waals surface area contributed by atoms with Crippen molar-refractivity contribution in [2.75, 3.05) is 25.4 Å². The number of aromatic nitrogens is 2. The fraction of sp³-hybridized carbons (Fsp3) is 0.562. The largest absolute Gasteiger partial charge is 0.353 e. The summed E-state index contributed by atoms with van der Waals surface area (Å²) in [7, 11) is 1.70. The number of fused-ring (bicyclic) bond motifs is 1. The first-order chi connectivity index (χ1) is 11.6. The number of thiophene rings is 1. The van der Waals surface area contributed by atoms with E-state index in [-0.39, 0.29) is 23.3 Å². The SMILES string of the molecule is CCN1CCC(NC(=O)CSc2nc3sccc3c(=O)n2C)CC1. The molecule has 1 N–H and O–H groups in total. The fourth-order valence-electron chi connectivity index (χ4n) is 2.90. The number of nitrogens with one attached hydrogen (secondary N) is 1. The predicted molar refractivity (Wildman–Crippen MR) is 98.9 cm³/mol. The number of rotatable bonds is 5. The zero-order valence-electron chi connectivity index (χ0n) is 13.9. The third kappa shape index (κ3) is 3.81. The van der Waals surface area contributed by atoms with Crippen LogP contribution in [0.1, 0.15) is 19.8 Å². The summed E-state index contributed by atoms with van der Waals surface area (Å²) in [6.07, 6.45) is 2.00. The maximum atomic E-state index is 12.2. The molecule has 1 aliphatic rings. The van der Waals surface area contributed by atoms with Crippen molar-refractivity contribution in [1.29, 1.82) is 0 Å². The van der Waals surface area contributed by atoms with Crippen LogP contribution in [-0.2, 0) is 11.8 Å². The normalized spacial score (nSPS) is 16.6. The van der Waals surface area contributed by atoms with Gasteiger partial charge < -0.3 is 10.2 Å². The van der Waals surface area contributed by atoms with Gasteiger partial charge in [-0.1, -0.05) is 18.7 Å². The van der Waals surface area contributed by atoms with Gasteiger partial charge in [-0.3, -0.25) is 14.2 Å². The summed E-state index contributed by atoms with van der Waals surface area (Å²) in [5, 5.41) is 6.19. The lowest BCUT2D eigenvalue weighted by atomic mass is 10.1. The molecule has 24 heavy (non-hydrogen) atoms. The highest BCUT2D eigenvalue weighted by Gasteiger charge is 2.20. The number of hydrogen-bond donors (Lipinski definition) is 1. The molecule has 1 saturated heterocycles. The number of likely N-dealkylation sites (tertiary alicyclic amines) is 1. The summed E-state index contributed by atoms with van der Waals surface area (Å²) in [4.78, 5) is 32.0. The van der Waals surface area contributed by atoms with Gasteiger partial charge >= 0.3 is 0 Å². The van der Waals surface area contributed by atoms with E-state index in [0.29, 0.717) is 10.5 Å². The molecule has 8 heteroatoms. The van der Waals surface area contributed by atoms with E-state index in [2.05, 4.69) is 22.1 Å². The van der Waals surface area contributed by atoms with Crippen molar-refractivity contribution < 1.29 is 4.79 Å². The van der Waals surface area contributed by atoms with Gasteiger partial charge in [-0.05, 0) is 30.8 Å². The van der Waals surface area contributed by atoms with Gasteiger partial charge in [-0.25, -0.2) is 4.98 Å². The minimum absolute atomic E-state index is 0.00970. The van der Waals surface area contributed by atoms with E-state index in [1.54, 1.807) is 13.1 Å². The summed E-state index contributed by atoms with van der Waals surface area (Å²) in [6.45, 7) is 5.32. The Balaban J connectivity index is 1.57.